The van der Waals surface area contributed by atoms with Gasteiger partial charge in [-0.1, -0.05) is 24.3 Å². The van der Waals surface area contributed by atoms with E-state index in [1.807, 2.05) is 24.3 Å². The third-order valence-electron chi connectivity index (χ3n) is 4.65. The van der Waals surface area contributed by atoms with Gasteiger partial charge in [-0.3, -0.25) is 4.79 Å². The van der Waals surface area contributed by atoms with E-state index < -0.39 is 0 Å². The van der Waals surface area contributed by atoms with Crippen LogP contribution in [0.25, 0.3) is 0 Å². The number of nitrogens with zero attached hydrogens (tertiary/aromatic N) is 3. The predicted octanol–water partition coefficient (Wildman–Crippen LogP) is 3.82. The highest BCUT2D eigenvalue weighted by atomic mass is 16.5. The van der Waals surface area contributed by atoms with E-state index in [2.05, 4.69) is 39.2 Å². The second kappa shape index (κ2) is 7.07. The number of aromatic nitrogens is 2. The lowest BCUT2D eigenvalue weighted by atomic mass is 10.1. The standard InChI is InChI=1S/C21H20N4O2/c1-14-10-15-6-3-4-9-19(15)25(14)21-22-12-16(13-23-21)20(26)24-17-7-5-8-18(11-17)27-2/h3-9,11-14H,10H2,1-2H3,(H,24,26). The van der Waals surface area contributed by atoms with Crippen molar-refractivity contribution >= 4 is 23.2 Å². The lowest BCUT2D eigenvalue weighted by Gasteiger charge is -2.22. The fraction of sp³-hybridized carbons (Fsp3) is 0.190. The van der Waals surface area contributed by atoms with Gasteiger partial charge in [-0.25, -0.2) is 9.97 Å². The minimum atomic E-state index is -0.260. The first-order valence-corrected chi connectivity index (χ1v) is 8.80. The highest BCUT2D eigenvalue weighted by Gasteiger charge is 2.28. The number of hydrogen-bond acceptors (Lipinski definition) is 5. The van der Waals surface area contributed by atoms with Crippen molar-refractivity contribution in [2.45, 2.75) is 19.4 Å². The van der Waals surface area contributed by atoms with Gasteiger partial charge < -0.3 is 15.0 Å². The quantitative estimate of drug-likeness (QED) is 0.766. The fourth-order valence-electron chi connectivity index (χ4n) is 3.34. The van der Waals surface area contributed by atoms with Crippen molar-refractivity contribution in [3.05, 3.63) is 72.1 Å². The summed E-state index contributed by atoms with van der Waals surface area (Å²) in [5.41, 5.74) is 3.47. The van der Waals surface area contributed by atoms with Gasteiger partial charge in [0.25, 0.3) is 5.91 Å². The Hall–Kier alpha value is -3.41. The molecule has 0 aliphatic carbocycles. The molecule has 0 fully saturated rings. The molecule has 0 radical (unpaired) electrons. The maximum Gasteiger partial charge on any atom is 0.258 e. The third kappa shape index (κ3) is 3.33. The average Bonchev–Trinajstić information content (AvgIpc) is 3.04. The summed E-state index contributed by atoms with van der Waals surface area (Å²) < 4.78 is 5.17. The van der Waals surface area contributed by atoms with Crippen LogP contribution in [0.3, 0.4) is 0 Å². The predicted molar refractivity (Wildman–Crippen MR) is 105 cm³/mol. The number of anilines is 3. The summed E-state index contributed by atoms with van der Waals surface area (Å²) in [6.45, 7) is 2.15. The number of ether oxygens (including phenoxy) is 1. The molecule has 0 saturated carbocycles. The van der Waals surface area contributed by atoms with Crippen molar-refractivity contribution in [1.29, 1.82) is 0 Å². The lowest BCUT2D eigenvalue weighted by Crippen LogP contribution is -2.26. The van der Waals surface area contributed by atoms with Crippen molar-refractivity contribution < 1.29 is 9.53 Å². The largest absolute Gasteiger partial charge is 0.497 e. The number of carbonyl (C=O) groups excluding carboxylic acids is 1. The molecule has 4 rings (SSSR count). The second-order valence-corrected chi connectivity index (χ2v) is 6.51. The molecular formula is C21H20N4O2. The smallest absolute Gasteiger partial charge is 0.258 e. The van der Waals surface area contributed by atoms with Crippen molar-refractivity contribution in [2.24, 2.45) is 0 Å². The van der Waals surface area contributed by atoms with E-state index in [4.69, 9.17) is 4.74 Å². The minimum Gasteiger partial charge on any atom is -0.497 e. The van der Waals surface area contributed by atoms with Crippen LogP contribution in [0.2, 0.25) is 0 Å². The van der Waals surface area contributed by atoms with E-state index in [0.29, 0.717) is 22.9 Å². The number of fused-ring (bicyclic) bond motifs is 1. The summed E-state index contributed by atoms with van der Waals surface area (Å²) in [6.07, 6.45) is 4.08. The molecule has 6 heteroatoms. The molecule has 1 unspecified atom stereocenters. The molecule has 1 aromatic heterocycles. The molecule has 3 aromatic rings. The van der Waals surface area contributed by atoms with Gasteiger partial charge in [-0.15, -0.1) is 0 Å². The Morgan fingerprint density at radius 2 is 1.93 bits per heavy atom. The number of carbonyl (C=O) groups is 1. The molecular weight excluding hydrogens is 340 g/mol. The molecule has 2 aromatic carbocycles. The molecule has 1 aliphatic rings. The Morgan fingerprint density at radius 3 is 2.70 bits per heavy atom. The first kappa shape index (κ1) is 17.0. The van der Waals surface area contributed by atoms with Gasteiger partial charge in [0, 0.05) is 35.9 Å². The molecule has 1 aliphatic heterocycles. The van der Waals surface area contributed by atoms with E-state index in [1.165, 1.54) is 5.56 Å². The van der Waals surface area contributed by atoms with Crippen molar-refractivity contribution in [2.75, 3.05) is 17.3 Å². The molecule has 1 N–H and O–H groups in total. The molecule has 1 atom stereocenters. The molecule has 1 amide bonds. The summed E-state index contributed by atoms with van der Waals surface area (Å²) >= 11 is 0. The monoisotopic (exact) mass is 360 g/mol. The highest BCUT2D eigenvalue weighted by Crippen LogP contribution is 2.36. The second-order valence-electron chi connectivity index (χ2n) is 6.51. The molecule has 0 bridgehead atoms. The zero-order valence-electron chi connectivity index (χ0n) is 15.2. The van der Waals surface area contributed by atoms with Crippen LogP contribution in [0.1, 0.15) is 22.8 Å². The molecule has 0 spiro atoms. The summed E-state index contributed by atoms with van der Waals surface area (Å²) in [6, 6.07) is 15.7. The van der Waals surface area contributed by atoms with Gasteiger partial charge in [0.15, 0.2) is 0 Å². The Bertz CT molecular complexity index is 972. The normalized spacial score (nSPS) is 15.3. The van der Waals surface area contributed by atoms with Crippen LogP contribution in [0, 0.1) is 0 Å². The number of amides is 1. The van der Waals surface area contributed by atoms with Crippen molar-refractivity contribution in [1.82, 2.24) is 9.97 Å². The van der Waals surface area contributed by atoms with Gasteiger partial charge in [0.2, 0.25) is 5.95 Å². The Kier molecular flexibility index (Phi) is 4.46. The maximum absolute atomic E-state index is 12.5. The summed E-state index contributed by atoms with van der Waals surface area (Å²) in [7, 11) is 1.59. The molecule has 6 nitrogen and oxygen atoms in total. The summed E-state index contributed by atoms with van der Waals surface area (Å²) in [5, 5.41) is 2.83. The van der Waals surface area contributed by atoms with E-state index in [9.17, 15) is 4.79 Å². The first-order valence-electron chi connectivity index (χ1n) is 8.80. The van der Waals surface area contributed by atoms with Crippen LogP contribution < -0.4 is 15.0 Å². The Balaban J connectivity index is 1.53. The molecule has 136 valence electrons. The maximum atomic E-state index is 12.5. The number of benzene rings is 2. The summed E-state index contributed by atoms with van der Waals surface area (Å²) in [5.74, 6) is 1.02. The van der Waals surface area contributed by atoms with Gasteiger partial charge in [0.1, 0.15) is 5.75 Å². The van der Waals surface area contributed by atoms with E-state index >= 15 is 0 Å². The molecule has 27 heavy (non-hydrogen) atoms. The fourth-order valence-corrected chi connectivity index (χ4v) is 3.34. The van der Waals surface area contributed by atoms with Crippen LogP contribution in [0.15, 0.2) is 60.9 Å². The van der Waals surface area contributed by atoms with E-state index in [0.717, 1.165) is 12.1 Å². The zero-order chi connectivity index (χ0) is 18.8. The van der Waals surface area contributed by atoms with Gasteiger partial charge in [0.05, 0.1) is 12.7 Å². The first-order chi connectivity index (χ1) is 13.2. The molecule has 0 saturated heterocycles. The summed E-state index contributed by atoms with van der Waals surface area (Å²) in [4.78, 5) is 23.4. The van der Waals surface area contributed by atoms with Gasteiger partial charge >= 0.3 is 0 Å². The van der Waals surface area contributed by atoms with Crippen LogP contribution in [-0.2, 0) is 6.42 Å². The van der Waals surface area contributed by atoms with Crippen LogP contribution in [-0.4, -0.2) is 29.0 Å². The number of rotatable bonds is 4. The average molecular weight is 360 g/mol. The van der Waals surface area contributed by atoms with E-state index in [-0.39, 0.29) is 11.9 Å². The number of methoxy groups -OCH3 is 1. The number of hydrogen-bond donors (Lipinski definition) is 1. The topological polar surface area (TPSA) is 67.3 Å². The lowest BCUT2D eigenvalue weighted by molar-refractivity contribution is 0.102. The minimum absolute atomic E-state index is 0.260. The van der Waals surface area contributed by atoms with Crippen LogP contribution >= 0.6 is 0 Å². The highest BCUT2D eigenvalue weighted by molar-refractivity contribution is 6.04. The number of para-hydroxylation sites is 1. The van der Waals surface area contributed by atoms with E-state index in [1.54, 1.807) is 31.6 Å². The molecule has 2 heterocycles. The van der Waals surface area contributed by atoms with Crippen LogP contribution in [0.5, 0.6) is 5.75 Å². The van der Waals surface area contributed by atoms with Crippen molar-refractivity contribution in [3.63, 3.8) is 0 Å². The SMILES string of the molecule is COc1cccc(NC(=O)c2cnc(N3c4ccccc4CC3C)nc2)c1. The Labute approximate surface area is 157 Å². The van der Waals surface area contributed by atoms with Crippen LogP contribution in [0.4, 0.5) is 17.3 Å². The van der Waals surface area contributed by atoms with Gasteiger partial charge in [-0.2, -0.15) is 0 Å². The number of nitrogens with one attached hydrogen (secondary N) is 1. The third-order valence-corrected chi connectivity index (χ3v) is 4.65. The Morgan fingerprint density at radius 1 is 1.15 bits per heavy atom. The van der Waals surface area contributed by atoms with Crippen molar-refractivity contribution in [3.8, 4) is 5.75 Å². The van der Waals surface area contributed by atoms with Gasteiger partial charge in [-0.05, 0) is 37.1 Å². The zero-order valence-corrected chi connectivity index (χ0v) is 15.2.